The third kappa shape index (κ3) is 5.11. The van der Waals surface area contributed by atoms with E-state index in [9.17, 15) is 14.4 Å². The number of para-hydroxylation sites is 1. The number of methoxy groups -OCH3 is 1. The molecule has 0 saturated carbocycles. The lowest BCUT2D eigenvalue weighted by atomic mass is 10.1. The molecule has 1 N–H and O–H groups in total. The van der Waals surface area contributed by atoms with E-state index in [2.05, 4.69) is 5.32 Å². The fourth-order valence-corrected chi connectivity index (χ4v) is 4.04. The van der Waals surface area contributed by atoms with Gasteiger partial charge in [-0.3, -0.25) is 14.2 Å². The molecule has 7 nitrogen and oxygen atoms in total. The van der Waals surface area contributed by atoms with Crippen molar-refractivity contribution in [3.05, 3.63) is 110 Å². The number of carbonyl (C=O) groups is 1. The summed E-state index contributed by atoms with van der Waals surface area (Å²) >= 11 is 6.13. The molecule has 0 radical (unpaired) electrons. The molecule has 0 aliphatic rings. The molecular formula is C26H24ClN3O4. The molecule has 0 spiro atoms. The quantitative estimate of drug-likeness (QED) is 0.395. The largest absolute Gasteiger partial charge is 0.383 e. The first kappa shape index (κ1) is 23.5. The molecule has 8 heteroatoms. The van der Waals surface area contributed by atoms with E-state index in [0.29, 0.717) is 34.8 Å². The van der Waals surface area contributed by atoms with Crippen LogP contribution in [0.5, 0.6) is 0 Å². The molecule has 0 aliphatic heterocycles. The van der Waals surface area contributed by atoms with Gasteiger partial charge in [0.25, 0.3) is 5.56 Å². The second-order valence-corrected chi connectivity index (χ2v) is 8.28. The number of amides is 1. The van der Waals surface area contributed by atoms with Crippen molar-refractivity contribution in [1.82, 2.24) is 14.5 Å². The zero-order chi connectivity index (χ0) is 24.1. The SMILES string of the molecule is COCCNC(=O)Cc1ccc(-n2c(=O)c3ccccc3n(Cc3cccc(Cl)c3)c2=O)cc1. The number of ether oxygens (including phenoxy) is 1. The van der Waals surface area contributed by atoms with Gasteiger partial charge in [-0.25, -0.2) is 9.36 Å². The zero-order valence-electron chi connectivity index (χ0n) is 18.7. The summed E-state index contributed by atoms with van der Waals surface area (Å²) in [7, 11) is 1.57. The highest BCUT2D eigenvalue weighted by atomic mass is 35.5. The molecule has 0 saturated heterocycles. The molecule has 0 aliphatic carbocycles. The predicted molar refractivity (Wildman–Crippen MR) is 133 cm³/mol. The third-order valence-electron chi connectivity index (χ3n) is 5.47. The molecule has 0 bridgehead atoms. The van der Waals surface area contributed by atoms with Gasteiger partial charge in [-0.05, 0) is 47.5 Å². The van der Waals surface area contributed by atoms with Crippen LogP contribution in [0.4, 0.5) is 0 Å². The monoisotopic (exact) mass is 477 g/mol. The van der Waals surface area contributed by atoms with Gasteiger partial charge in [-0.15, -0.1) is 0 Å². The summed E-state index contributed by atoms with van der Waals surface area (Å²) in [5.41, 5.74) is 1.76. The lowest BCUT2D eigenvalue weighted by molar-refractivity contribution is -0.120. The van der Waals surface area contributed by atoms with Crippen LogP contribution in [0.2, 0.25) is 5.02 Å². The normalized spacial score (nSPS) is 11.0. The van der Waals surface area contributed by atoms with Crippen molar-refractivity contribution in [2.24, 2.45) is 0 Å². The van der Waals surface area contributed by atoms with Gasteiger partial charge in [0.05, 0.1) is 36.2 Å². The maximum absolute atomic E-state index is 13.5. The Morgan fingerprint density at radius 1 is 0.971 bits per heavy atom. The molecule has 4 aromatic rings. The highest BCUT2D eigenvalue weighted by Crippen LogP contribution is 2.15. The summed E-state index contributed by atoms with van der Waals surface area (Å²) in [6.45, 7) is 1.14. The highest BCUT2D eigenvalue weighted by Gasteiger charge is 2.15. The number of hydrogen-bond donors (Lipinski definition) is 1. The average molecular weight is 478 g/mol. The molecule has 0 fully saturated rings. The molecule has 1 amide bonds. The first-order valence-corrected chi connectivity index (χ1v) is 11.2. The fraction of sp³-hybridized carbons (Fsp3) is 0.192. The van der Waals surface area contributed by atoms with Crippen LogP contribution in [0, 0.1) is 0 Å². The van der Waals surface area contributed by atoms with Crippen LogP contribution < -0.4 is 16.6 Å². The Morgan fingerprint density at radius 2 is 1.74 bits per heavy atom. The first-order chi connectivity index (χ1) is 16.5. The smallest absolute Gasteiger partial charge is 0.336 e. The minimum absolute atomic E-state index is 0.128. The van der Waals surface area contributed by atoms with Gasteiger partial charge in [0.1, 0.15) is 0 Å². The number of rotatable bonds is 8. The Hall–Kier alpha value is -3.68. The highest BCUT2D eigenvalue weighted by molar-refractivity contribution is 6.30. The van der Waals surface area contributed by atoms with Crippen molar-refractivity contribution in [3.8, 4) is 5.69 Å². The molecule has 1 aromatic heterocycles. The fourth-order valence-electron chi connectivity index (χ4n) is 3.82. The van der Waals surface area contributed by atoms with E-state index in [-0.39, 0.29) is 18.9 Å². The van der Waals surface area contributed by atoms with Crippen molar-refractivity contribution in [3.63, 3.8) is 0 Å². The number of fused-ring (bicyclic) bond motifs is 1. The van der Waals surface area contributed by atoms with Crippen LogP contribution in [0.25, 0.3) is 16.6 Å². The summed E-state index contributed by atoms with van der Waals surface area (Å²) < 4.78 is 7.66. The molecule has 0 atom stereocenters. The second-order valence-electron chi connectivity index (χ2n) is 7.84. The summed E-state index contributed by atoms with van der Waals surface area (Å²) in [6, 6.07) is 21.2. The average Bonchev–Trinajstić information content (AvgIpc) is 2.83. The van der Waals surface area contributed by atoms with Gasteiger partial charge in [0.15, 0.2) is 0 Å². The maximum atomic E-state index is 13.5. The summed E-state index contributed by atoms with van der Waals surface area (Å²) in [4.78, 5) is 38.8. The van der Waals surface area contributed by atoms with Crippen LogP contribution in [0.3, 0.4) is 0 Å². The van der Waals surface area contributed by atoms with Gasteiger partial charge in [-0.2, -0.15) is 0 Å². The Morgan fingerprint density at radius 3 is 2.47 bits per heavy atom. The van der Waals surface area contributed by atoms with Gasteiger partial charge < -0.3 is 10.1 Å². The summed E-state index contributed by atoms with van der Waals surface area (Å²) in [6.07, 6.45) is 0.190. The van der Waals surface area contributed by atoms with Crippen molar-refractivity contribution in [1.29, 1.82) is 0 Å². The molecule has 0 unspecified atom stereocenters. The van der Waals surface area contributed by atoms with E-state index in [0.717, 1.165) is 15.7 Å². The lowest BCUT2D eigenvalue weighted by Gasteiger charge is -2.15. The molecule has 3 aromatic carbocycles. The maximum Gasteiger partial charge on any atom is 0.336 e. The van der Waals surface area contributed by atoms with Gasteiger partial charge in [0, 0.05) is 18.7 Å². The number of aromatic nitrogens is 2. The van der Waals surface area contributed by atoms with E-state index >= 15 is 0 Å². The molecule has 4 rings (SSSR count). The minimum atomic E-state index is -0.450. The summed E-state index contributed by atoms with van der Waals surface area (Å²) in [5.74, 6) is -0.128. The van der Waals surface area contributed by atoms with E-state index in [1.54, 1.807) is 72.3 Å². The van der Waals surface area contributed by atoms with Gasteiger partial charge in [-0.1, -0.05) is 48.0 Å². The lowest BCUT2D eigenvalue weighted by Crippen LogP contribution is -2.39. The number of nitrogens with one attached hydrogen (secondary N) is 1. The number of halogens is 1. The number of nitrogens with zero attached hydrogens (tertiary/aromatic N) is 2. The molecule has 1 heterocycles. The first-order valence-electron chi connectivity index (χ1n) is 10.8. The van der Waals surface area contributed by atoms with Gasteiger partial charge >= 0.3 is 5.69 Å². The van der Waals surface area contributed by atoms with Crippen molar-refractivity contribution in [2.75, 3.05) is 20.3 Å². The second kappa shape index (κ2) is 10.5. The zero-order valence-corrected chi connectivity index (χ0v) is 19.4. The predicted octanol–water partition coefficient (Wildman–Crippen LogP) is 3.16. The third-order valence-corrected chi connectivity index (χ3v) is 5.70. The van der Waals surface area contributed by atoms with Crippen LogP contribution in [0.15, 0.2) is 82.4 Å². The van der Waals surface area contributed by atoms with Crippen molar-refractivity contribution < 1.29 is 9.53 Å². The number of carbonyl (C=O) groups excluding carboxylic acids is 1. The van der Waals surface area contributed by atoms with Crippen LogP contribution in [-0.2, 0) is 22.5 Å². The Labute approximate surface area is 201 Å². The van der Waals surface area contributed by atoms with E-state index < -0.39 is 11.2 Å². The Balaban J connectivity index is 1.72. The van der Waals surface area contributed by atoms with Crippen molar-refractivity contribution in [2.45, 2.75) is 13.0 Å². The van der Waals surface area contributed by atoms with Crippen LogP contribution >= 0.6 is 11.6 Å². The van der Waals surface area contributed by atoms with Gasteiger partial charge in [0.2, 0.25) is 5.91 Å². The minimum Gasteiger partial charge on any atom is -0.383 e. The van der Waals surface area contributed by atoms with Crippen LogP contribution in [-0.4, -0.2) is 35.3 Å². The molecular weight excluding hydrogens is 454 g/mol. The van der Waals surface area contributed by atoms with Crippen LogP contribution in [0.1, 0.15) is 11.1 Å². The Kier molecular flexibility index (Phi) is 7.25. The number of hydrogen-bond acceptors (Lipinski definition) is 4. The Bertz CT molecular complexity index is 1440. The van der Waals surface area contributed by atoms with E-state index in [1.165, 1.54) is 0 Å². The molecule has 34 heavy (non-hydrogen) atoms. The van der Waals surface area contributed by atoms with E-state index in [1.807, 2.05) is 12.1 Å². The summed E-state index contributed by atoms with van der Waals surface area (Å²) in [5, 5.41) is 3.78. The molecule has 174 valence electrons. The standard InChI is InChI=1S/C26H24ClN3O4/c1-34-14-13-28-24(31)16-18-9-11-21(12-10-18)30-25(32)22-7-2-3-8-23(22)29(26(30)33)17-19-5-4-6-20(27)15-19/h2-12,15H,13-14,16-17H2,1H3,(H,28,31). The number of benzene rings is 3. The van der Waals surface area contributed by atoms with E-state index in [4.69, 9.17) is 16.3 Å². The van der Waals surface area contributed by atoms with Crippen molar-refractivity contribution >= 4 is 28.4 Å². The topological polar surface area (TPSA) is 82.3 Å².